The maximum atomic E-state index is 11.9. The highest BCUT2D eigenvalue weighted by Crippen LogP contribution is 2.18. The molecule has 0 aliphatic heterocycles. The Balaban J connectivity index is 1.94. The van der Waals surface area contributed by atoms with E-state index in [4.69, 9.17) is 4.52 Å². The van der Waals surface area contributed by atoms with Crippen LogP contribution in [0.5, 0.6) is 0 Å². The van der Waals surface area contributed by atoms with Gasteiger partial charge in [0, 0.05) is 12.6 Å². The van der Waals surface area contributed by atoms with E-state index in [1.807, 2.05) is 14.1 Å². The number of anilines is 1. The summed E-state index contributed by atoms with van der Waals surface area (Å²) in [6.07, 6.45) is 0. The highest BCUT2D eigenvalue weighted by atomic mass is 16.5. The Kier molecular flexibility index (Phi) is 5.16. The number of carbonyl (C=O) groups is 1. The molecule has 6 nitrogen and oxygen atoms in total. The summed E-state index contributed by atoms with van der Waals surface area (Å²) in [6, 6.07) is 9.79. The number of likely N-dealkylation sites (N-methyl/N-ethyl adjacent to an activating group) is 1. The summed E-state index contributed by atoms with van der Waals surface area (Å²) in [6.45, 7) is 4.33. The quantitative estimate of drug-likeness (QED) is 0.891. The van der Waals surface area contributed by atoms with Gasteiger partial charge < -0.3 is 14.7 Å². The fourth-order valence-electron chi connectivity index (χ4n) is 2.16. The number of nitrogens with zero attached hydrogens (tertiary/aromatic N) is 2. The van der Waals surface area contributed by atoms with Crippen molar-refractivity contribution in [1.29, 1.82) is 0 Å². The van der Waals surface area contributed by atoms with E-state index in [9.17, 15) is 4.79 Å². The molecule has 0 radical (unpaired) electrons. The first kappa shape index (κ1) is 16.0. The van der Waals surface area contributed by atoms with Gasteiger partial charge >= 0.3 is 6.03 Å². The molecule has 1 heterocycles. The van der Waals surface area contributed by atoms with Crippen molar-refractivity contribution in [1.82, 2.24) is 15.4 Å². The van der Waals surface area contributed by atoms with Gasteiger partial charge in [0.1, 0.15) is 5.76 Å². The Hall–Kier alpha value is -2.34. The number of urea groups is 1. The van der Waals surface area contributed by atoms with E-state index >= 15 is 0 Å². The number of nitrogens with one attached hydrogen (secondary N) is 2. The summed E-state index contributed by atoms with van der Waals surface area (Å²) in [5.74, 6) is 1.06. The third-order valence-corrected chi connectivity index (χ3v) is 3.41. The number of benzene rings is 1. The molecule has 118 valence electrons. The van der Waals surface area contributed by atoms with Gasteiger partial charge in [-0.1, -0.05) is 35.0 Å². The monoisotopic (exact) mass is 302 g/mol. The smallest absolute Gasteiger partial charge is 0.320 e. The van der Waals surface area contributed by atoms with E-state index in [0.29, 0.717) is 18.1 Å². The molecule has 0 aliphatic carbocycles. The molecule has 1 atom stereocenters. The zero-order valence-electron chi connectivity index (χ0n) is 13.4. The van der Waals surface area contributed by atoms with E-state index < -0.39 is 0 Å². The minimum Gasteiger partial charge on any atom is -0.360 e. The number of carbonyl (C=O) groups excluding carboxylic acids is 1. The van der Waals surface area contributed by atoms with Crippen LogP contribution in [0.15, 0.2) is 34.9 Å². The van der Waals surface area contributed by atoms with Crippen molar-refractivity contribution in [2.75, 3.05) is 26.0 Å². The molecule has 2 aromatic rings. The third-order valence-electron chi connectivity index (χ3n) is 3.41. The lowest BCUT2D eigenvalue weighted by molar-refractivity contribution is 0.243. The summed E-state index contributed by atoms with van der Waals surface area (Å²) >= 11 is 0. The van der Waals surface area contributed by atoms with Gasteiger partial charge in [0.15, 0.2) is 5.82 Å². The lowest BCUT2D eigenvalue weighted by Crippen LogP contribution is -2.36. The van der Waals surface area contributed by atoms with Gasteiger partial charge in [-0.25, -0.2) is 4.79 Å². The fourth-order valence-corrected chi connectivity index (χ4v) is 2.16. The number of hydrogen-bond acceptors (Lipinski definition) is 4. The molecule has 0 saturated carbocycles. The number of amides is 2. The van der Waals surface area contributed by atoms with Gasteiger partial charge in [-0.05, 0) is 33.5 Å². The zero-order chi connectivity index (χ0) is 16.1. The second-order valence-corrected chi connectivity index (χ2v) is 5.55. The zero-order valence-corrected chi connectivity index (χ0v) is 13.4. The molecule has 2 N–H and O–H groups in total. The van der Waals surface area contributed by atoms with Crippen LogP contribution in [0.2, 0.25) is 0 Å². The topological polar surface area (TPSA) is 70.4 Å². The molecule has 1 aromatic carbocycles. The minimum absolute atomic E-state index is 0.102. The standard InChI is InChI=1S/C16H22N4O2/c1-11-5-7-13(8-6-11)14(20(3)4)10-17-16(21)18-15-9-12(2)22-19-15/h5-9,14H,10H2,1-4H3,(H2,17,18,19,21)/t14-/m1/s1. The van der Waals surface area contributed by atoms with Crippen molar-refractivity contribution in [2.45, 2.75) is 19.9 Å². The predicted octanol–water partition coefficient (Wildman–Crippen LogP) is 2.72. The molecule has 2 rings (SSSR count). The molecule has 2 amide bonds. The molecule has 0 bridgehead atoms. The molecule has 0 unspecified atom stereocenters. The number of aromatic nitrogens is 1. The molecular weight excluding hydrogens is 280 g/mol. The van der Waals surface area contributed by atoms with E-state index in [1.54, 1.807) is 13.0 Å². The Labute approximate surface area is 130 Å². The van der Waals surface area contributed by atoms with Crippen molar-refractivity contribution in [2.24, 2.45) is 0 Å². The highest BCUT2D eigenvalue weighted by molar-refractivity contribution is 5.88. The lowest BCUT2D eigenvalue weighted by atomic mass is 10.0. The van der Waals surface area contributed by atoms with Crippen molar-refractivity contribution in [3.63, 3.8) is 0 Å². The Morgan fingerprint density at radius 2 is 1.95 bits per heavy atom. The van der Waals surface area contributed by atoms with Gasteiger partial charge in [-0.3, -0.25) is 5.32 Å². The van der Waals surface area contributed by atoms with Crippen LogP contribution >= 0.6 is 0 Å². The van der Waals surface area contributed by atoms with E-state index in [0.717, 1.165) is 5.56 Å². The maximum absolute atomic E-state index is 11.9. The minimum atomic E-state index is -0.299. The number of aryl methyl sites for hydroxylation is 2. The van der Waals surface area contributed by atoms with Crippen LogP contribution in [0.4, 0.5) is 10.6 Å². The molecule has 0 aliphatic rings. The van der Waals surface area contributed by atoms with Crippen LogP contribution in [0.25, 0.3) is 0 Å². The SMILES string of the molecule is Cc1ccc([C@@H](CNC(=O)Nc2cc(C)on2)N(C)C)cc1. The van der Waals surface area contributed by atoms with Crippen LogP contribution in [0, 0.1) is 13.8 Å². The number of hydrogen-bond donors (Lipinski definition) is 2. The second-order valence-electron chi connectivity index (χ2n) is 5.55. The first-order chi connectivity index (χ1) is 10.5. The molecular formula is C16H22N4O2. The summed E-state index contributed by atoms with van der Waals surface area (Å²) < 4.78 is 4.91. The first-order valence-corrected chi connectivity index (χ1v) is 7.17. The molecule has 6 heteroatoms. The normalized spacial score (nSPS) is 12.2. The van der Waals surface area contributed by atoms with Crippen LogP contribution in [-0.2, 0) is 0 Å². The van der Waals surface area contributed by atoms with Gasteiger partial charge in [-0.2, -0.15) is 0 Å². The van der Waals surface area contributed by atoms with Crippen molar-refractivity contribution >= 4 is 11.8 Å². The average molecular weight is 302 g/mol. The molecule has 0 fully saturated rings. The van der Waals surface area contributed by atoms with Crippen LogP contribution in [0.1, 0.15) is 22.9 Å². The van der Waals surface area contributed by atoms with Crippen molar-refractivity contribution in [3.05, 3.63) is 47.2 Å². The van der Waals surface area contributed by atoms with Crippen LogP contribution in [0.3, 0.4) is 0 Å². The highest BCUT2D eigenvalue weighted by Gasteiger charge is 2.15. The van der Waals surface area contributed by atoms with Gasteiger partial charge in [-0.15, -0.1) is 0 Å². The molecule has 0 spiro atoms. The maximum Gasteiger partial charge on any atom is 0.320 e. The predicted molar refractivity (Wildman–Crippen MR) is 85.9 cm³/mol. The summed E-state index contributed by atoms with van der Waals surface area (Å²) in [4.78, 5) is 14.0. The van der Waals surface area contributed by atoms with Crippen LogP contribution in [-0.4, -0.2) is 36.7 Å². The van der Waals surface area contributed by atoms with E-state index in [-0.39, 0.29) is 12.1 Å². The second kappa shape index (κ2) is 7.09. The van der Waals surface area contributed by atoms with Gasteiger partial charge in [0.25, 0.3) is 0 Å². The largest absolute Gasteiger partial charge is 0.360 e. The molecule has 1 aromatic heterocycles. The Morgan fingerprint density at radius 3 is 2.50 bits per heavy atom. The van der Waals surface area contributed by atoms with Crippen LogP contribution < -0.4 is 10.6 Å². The summed E-state index contributed by atoms with van der Waals surface area (Å²) in [5, 5.41) is 9.23. The lowest BCUT2D eigenvalue weighted by Gasteiger charge is -2.25. The van der Waals surface area contributed by atoms with Crippen molar-refractivity contribution in [3.8, 4) is 0 Å². The summed E-state index contributed by atoms with van der Waals surface area (Å²) in [5.41, 5.74) is 2.38. The van der Waals surface area contributed by atoms with E-state index in [1.165, 1.54) is 5.56 Å². The Morgan fingerprint density at radius 1 is 1.27 bits per heavy atom. The first-order valence-electron chi connectivity index (χ1n) is 7.17. The average Bonchev–Trinajstić information content (AvgIpc) is 2.86. The third kappa shape index (κ3) is 4.33. The number of rotatable bonds is 5. The van der Waals surface area contributed by atoms with Gasteiger partial charge in [0.05, 0.1) is 6.04 Å². The van der Waals surface area contributed by atoms with Crippen molar-refractivity contribution < 1.29 is 9.32 Å². The molecule has 22 heavy (non-hydrogen) atoms. The summed E-state index contributed by atoms with van der Waals surface area (Å²) in [7, 11) is 3.98. The van der Waals surface area contributed by atoms with E-state index in [2.05, 4.69) is 51.9 Å². The Bertz CT molecular complexity index is 619. The fraction of sp³-hybridized carbons (Fsp3) is 0.375. The molecule has 0 saturated heterocycles. The van der Waals surface area contributed by atoms with Gasteiger partial charge in [0.2, 0.25) is 0 Å².